The molecule has 3 rings (SSSR count). The van der Waals surface area contributed by atoms with Crippen LogP contribution in [0.15, 0.2) is 45.3 Å². The number of sulfonamides is 1. The van der Waals surface area contributed by atoms with Crippen molar-refractivity contribution in [2.75, 3.05) is 38.5 Å². The van der Waals surface area contributed by atoms with Gasteiger partial charge in [0.25, 0.3) is 5.56 Å². The predicted octanol–water partition coefficient (Wildman–Crippen LogP) is -0.533. The maximum Gasteiger partial charge on any atom is 0.332 e. The van der Waals surface area contributed by atoms with Gasteiger partial charge in [-0.05, 0) is 11.6 Å². The van der Waals surface area contributed by atoms with Gasteiger partial charge in [-0.15, -0.1) is 0 Å². The first-order chi connectivity index (χ1) is 14.6. The molecule has 1 aliphatic heterocycles. The highest BCUT2D eigenvalue weighted by Gasteiger charge is 2.28. The molecule has 0 atom stereocenters. The topological polar surface area (TPSA) is 128 Å². The third-order valence-electron chi connectivity index (χ3n) is 5.28. The maximum atomic E-state index is 12.7. The van der Waals surface area contributed by atoms with E-state index in [-0.39, 0.29) is 31.0 Å². The van der Waals surface area contributed by atoms with E-state index in [1.54, 1.807) is 11.0 Å². The quantitative estimate of drug-likeness (QED) is 0.590. The first-order valence-corrected chi connectivity index (χ1v) is 11.2. The highest BCUT2D eigenvalue weighted by atomic mass is 32.2. The molecule has 1 fully saturated rings. The fraction of sp³-hybridized carbons (Fsp3) is 0.350. The second kappa shape index (κ2) is 9.00. The number of hydrogen-bond donors (Lipinski definition) is 1. The highest BCUT2D eigenvalue weighted by Crippen LogP contribution is 2.13. The molecule has 2 aromatic rings. The number of carbonyl (C=O) groups is 1. The van der Waals surface area contributed by atoms with Crippen molar-refractivity contribution in [1.82, 2.24) is 18.3 Å². The Morgan fingerprint density at radius 1 is 1.03 bits per heavy atom. The monoisotopic (exact) mass is 447 g/mol. The summed E-state index contributed by atoms with van der Waals surface area (Å²) in [6, 6.07) is 9.13. The standard InChI is InChI=1S/C20H25N5O5S/c1-22-18(21)17(19(27)23(2)20(22)28)16(26)14-24-9-11-25(12-10-24)31(29,30)13-8-15-6-4-3-5-7-15/h3-8,13H,9-12,14,21H2,1-2H3/b13-8+. The van der Waals surface area contributed by atoms with E-state index in [4.69, 9.17) is 5.73 Å². The fourth-order valence-electron chi connectivity index (χ4n) is 3.36. The minimum Gasteiger partial charge on any atom is -0.384 e. The van der Waals surface area contributed by atoms with Crippen LogP contribution in [0.1, 0.15) is 15.9 Å². The molecule has 2 N–H and O–H groups in total. The van der Waals surface area contributed by atoms with Gasteiger partial charge in [-0.1, -0.05) is 30.3 Å². The Morgan fingerprint density at radius 2 is 1.65 bits per heavy atom. The van der Waals surface area contributed by atoms with Gasteiger partial charge in [0.1, 0.15) is 11.4 Å². The van der Waals surface area contributed by atoms with E-state index in [0.717, 1.165) is 14.7 Å². The van der Waals surface area contributed by atoms with Crippen molar-refractivity contribution < 1.29 is 13.2 Å². The van der Waals surface area contributed by atoms with Gasteiger partial charge in [-0.2, -0.15) is 4.31 Å². The van der Waals surface area contributed by atoms with E-state index < -0.39 is 27.1 Å². The van der Waals surface area contributed by atoms with Crippen LogP contribution in [0.3, 0.4) is 0 Å². The Hall–Kier alpha value is -3.02. The van der Waals surface area contributed by atoms with Crippen molar-refractivity contribution in [3.8, 4) is 0 Å². The molecular weight excluding hydrogens is 422 g/mol. The number of piperazine rings is 1. The smallest absolute Gasteiger partial charge is 0.332 e. The zero-order valence-corrected chi connectivity index (χ0v) is 18.2. The van der Waals surface area contributed by atoms with Crippen LogP contribution in [-0.2, 0) is 24.1 Å². The second-order valence-electron chi connectivity index (χ2n) is 7.32. The first-order valence-electron chi connectivity index (χ1n) is 9.66. The fourth-order valence-corrected chi connectivity index (χ4v) is 4.53. The molecule has 1 aliphatic rings. The number of benzene rings is 1. The van der Waals surface area contributed by atoms with Crippen LogP contribution in [0, 0.1) is 0 Å². The van der Waals surface area contributed by atoms with Gasteiger partial charge in [0.2, 0.25) is 10.0 Å². The summed E-state index contributed by atoms with van der Waals surface area (Å²) in [5.41, 5.74) is 5.04. The molecule has 11 heteroatoms. The van der Waals surface area contributed by atoms with Crippen molar-refractivity contribution in [2.45, 2.75) is 0 Å². The molecule has 0 aliphatic carbocycles. The Labute approximate surface area is 179 Å². The summed E-state index contributed by atoms with van der Waals surface area (Å²) in [5, 5.41) is 1.18. The minimum absolute atomic E-state index is 0.0919. The minimum atomic E-state index is -3.59. The zero-order chi connectivity index (χ0) is 22.8. The summed E-state index contributed by atoms with van der Waals surface area (Å²) in [4.78, 5) is 38.7. The van der Waals surface area contributed by atoms with Crippen molar-refractivity contribution in [3.63, 3.8) is 0 Å². The van der Waals surface area contributed by atoms with Crippen LogP contribution in [0.25, 0.3) is 6.08 Å². The second-order valence-corrected chi connectivity index (χ2v) is 9.14. The third-order valence-corrected chi connectivity index (χ3v) is 6.84. The lowest BCUT2D eigenvalue weighted by atomic mass is 10.1. The molecule has 0 spiro atoms. The maximum absolute atomic E-state index is 12.7. The molecule has 0 saturated carbocycles. The van der Waals surface area contributed by atoms with Crippen LogP contribution >= 0.6 is 0 Å². The molecule has 166 valence electrons. The van der Waals surface area contributed by atoms with E-state index in [9.17, 15) is 22.8 Å². The zero-order valence-electron chi connectivity index (χ0n) is 17.4. The number of nitrogens with two attached hydrogens (primary N) is 1. The normalized spacial score (nSPS) is 16.1. The molecule has 1 aromatic heterocycles. The predicted molar refractivity (Wildman–Crippen MR) is 118 cm³/mol. The summed E-state index contributed by atoms with van der Waals surface area (Å²) in [7, 11) is -0.911. The van der Waals surface area contributed by atoms with E-state index in [2.05, 4.69) is 0 Å². The lowest BCUT2D eigenvalue weighted by Crippen LogP contribution is -2.50. The van der Waals surface area contributed by atoms with E-state index in [1.807, 2.05) is 30.3 Å². The van der Waals surface area contributed by atoms with Gasteiger partial charge in [-0.25, -0.2) is 13.2 Å². The Morgan fingerprint density at radius 3 is 2.26 bits per heavy atom. The Kier molecular flexibility index (Phi) is 6.58. The molecule has 0 radical (unpaired) electrons. The number of nitrogens with zero attached hydrogens (tertiary/aromatic N) is 4. The summed E-state index contributed by atoms with van der Waals surface area (Å²) in [5.74, 6) is -0.681. The number of hydrogen-bond acceptors (Lipinski definition) is 7. The number of anilines is 1. The molecule has 1 saturated heterocycles. The van der Waals surface area contributed by atoms with Crippen molar-refractivity contribution in [1.29, 1.82) is 0 Å². The van der Waals surface area contributed by atoms with Crippen molar-refractivity contribution in [3.05, 3.63) is 67.7 Å². The van der Waals surface area contributed by atoms with Crippen LogP contribution in [0.2, 0.25) is 0 Å². The van der Waals surface area contributed by atoms with E-state index >= 15 is 0 Å². The summed E-state index contributed by atoms with van der Waals surface area (Å²) in [6.45, 7) is 1.00. The van der Waals surface area contributed by atoms with Gasteiger partial charge < -0.3 is 5.73 Å². The van der Waals surface area contributed by atoms with Gasteiger partial charge >= 0.3 is 5.69 Å². The average molecular weight is 448 g/mol. The Balaban J connectivity index is 1.66. The van der Waals surface area contributed by atoms with Crippen LogP contribution < -0.4 is 17.0 Å². The molecule has 1 aromatic carbocycles. The number of aromatic nitrogens is 2. The first kappa shape index (κ1) is 22.7. The van der Waals surface area contributed by atoms with Crippen molar-refractivity contribution in [2.24, 2.45) is 14.1 Å². The molecule has 10 nitrogen and oxygen atoms in total. The third kappa shape index (κ3) is 4.84. The van der Waals surface area contributed by atoms with E-state index in [0.29, 0.717) is 13.1 Å². The number of carbonyl (C=O) groups excluding carboxylic acids is 1. The number of Topliss-reactive ketones (excluding diaryl/α,β-unsaturated/α-hetero) is 1. The Bertz CT molecular complexity index is 1220. The van der Waals surface area contributed by atoms with Gasteiger partial charge in [0.05, 0.1) is 6.54 Å². The van der Waals surface area contributed by atoms with Crippen molar-refractivity contribution >= 4 is 27.7 Å². The molecule has 0 amide bonds. The summed E-state index contributed by atoms with van der Waals surface area (Å²) >= 11 is 0. The molecule has 0 bridgehead atoms. The van der Waals surface area contributed by atoms with Gasteiger partial charge in [0, 0.05) is 45.7 Å². The molecular formula is C20H25N5O5S. The SMILES string of the molecule is Cn1c(N)c(C(=O)CN2CCN(S(=O)(=O)/C=C/c3ccccc3)CC2)c(=O)n(C)c1=O. The largest absolute Gasteiger partial charge is 0.384 e. The van der Waals surface area contributed by atoms with Crippen LogP contribution in [0.4, 0.5) is 5.82 Å². The number of rotatable bonds is 6. The number of ketones is 1. The lowest BCUT2D eigenvalue weighted by molar-refractivity contribution is 0.0900. The summed E-state index contributed by atoms with van der Waals surface area (Å²) in [6.07, 6.45) is 1.55. The van der Waals surface area contributed by atoms with E-state index in [1.165, 1.54) is 23.8 Å². The molecule has 2 heterocycles. The van der Waals surface area contributed by atoms with Gasteiger partial charge in [-0.3, -0.25) is 23.6 Å². The highest BCUT2D eigenvalue weighted by molar-refractivity contribution is 7.92. The van der Waals surface area contributed by atoms with Crippen LogP contribution in [-0.4, -0.2) is 65.3 Å². The summed E-state index contributed by atoms with van der Waals surface area (Å²) < 4.78 is 28.4. The molecule has 31 heavy (non-hydrogen) atoms. The van der Waals surface area contributed by atoms with Crippen LogP contribution in [0.5, 0.6) is 0 Å². The van der Waals surface area contributed by atoms with Gasteiger partial charge in [0.15, 0.2) is 5.78 Å². The average Bonchev–Trinajstić information content (AvgIpc) is 2.76. The lowest BCUT2D eigenvalue weighted by Gasteiger charge is -2.32. The number of nitrogen functional groups attached to an aromatic ring is 1. The molecule has 0 unspecified atom stereocenters.